The standard InChI is InChI=1S/C66H43NO/c1-3-16-44(17-4-1)50-40-51(45-18-5-2-6-19-45)42-52(41-50)46-30-35-53(36-31-46)67(54-37-32-48(33-38-54)62-43-49-21-8-9-22-55(49)57-24-11-12-25-58(57)62)63-28-14-13-26-59(63)60-27-15-29-64-65(60)61-39-34-47-20-7-10-23-56(47)66(61)68-64/h1-43H. The lowest BCUT2D eigenvalue weighted by molar-refractivity contribution is 0.673. The number of nitrogens with zero attached hydrogens (tertiary/aromatic N) is 1. The molecule has 0 unspecified atom stereocenters. The van der Waals surface area contributed by atoms with Crippen molar-refractivity contribution in [2.45, 2.75) is 0 Å². The largest absolute Gasteiger partial charge is 0.455 e. The van der Waals surface area contributed by atoms with Crippen LogP contribution in [0.2, 0.25) is 0 Å². The van der Waals surface area contributed by atoms with Crippen LogP contribution < -0.4 is 4.90 Å². The van der Waals surface area contributed by atoms with E-state index in [-0.39, 0.29) is 0 Å². The van der Waals surface area contributed by atoms with Gasteiger partial charge in [-0.05, 0) is 144 Å². The quantitative estimate of drug-likeness (QED) is 0.142. The van der Waals surface area contributed by atoms with Crippen LogP contribution in [0, 0.1) is 0 Å². The number of anilines is 3. The summed E-state index contributed by atoms with van der Waals surface area (Å²) in [5.74, 6) is 0. The number of hydrogen-bond acceptors (Lipinski definition) is 2. The van der Waals surface area contributed by atoms with Crippen LogP contribution in [0.3, 0.4) is 0 Å². The number of furan rings is 1. The lowest BCUT2D eigenvalue weighted by Gasteiger charge is -2.28. The van der Waals surface area contributed by atoms with E-state index in [4.69, 9.17) is 4.42 Å². The van der Waals surface area contributed by atoms with E-state index in [0.717, 1.165) is 61.1 Å². The molecule has 0 saturated heterocycles. The highest BCUT2D eigenvalue weighted by molar-refractivity contribution is 6.20. The fourth-order valence-corrected chi connectivity index (χ4v) is 10.4. The van der Waals surface area contributed by atoms with Crippen molar-refractivity contribution in [3.05, 3.63) is 261 Å². The summed E-state index contributed by atoms with van der Waals surface area (Å²) < 4.78 is 6.72. The molecule has 0 atom stereocenters. The van der Waals surface area contributed by atoms with Gasteiger partial charge >= 0.3 is 0 Å². The minimum atomic E-state index is 0.874. The van der Waals surface area contributed by atoms with Gasteiger partial charge in [0.25, 0.3) is 0 Å². The minimum absolute atomic E-state index is 0.874. The molecule has 0 saturated carbocycles. The Hall–Kier alpha value is -8.98. The summed E-state index contributed by atoms with van der Waals surface area (Å²) >= 11 is 0. The Morgan fingerprint density at radius 2 is 0.779 bits per heavy atom. The smallest absolute Gasteiger partial charge is 0.143 e. The topological polar surface area (TPSA) is 16.4 Å². The van der Waals surface area contributed by atoms with Gasteiger partial charge in [0.05, 0.1) is 5.69 Å². The van der Waals surface area contributed by atoms with Crippen molar-refractivity contribution >= 4 is 71.3 Å². The molecule has 0 spiro atoms. The second kappa shape index (κ2) is 16.5. The lowest BCUT2D eigenvalue weighted by Crippen LogP contribution is -2.11. The van der Waals surface area contributed by atoms with E-state index in [1.165, 1.54) is 65.9 Å². The van der Waals surface area contributed by atoms with Crippen molar-refractivity contribution in [1.82, 2.24) is 0 Å². The van der Waals surface area contributed by atoms with Crippen LogP contribution in [-0.4, -0.2) is 0 Å². The number of rotatable bonds is 8. The van der Waals surface area contributed by atoms with Crippen LogP contribution in [-0.2, 0) is 0 Å². The van der Waals surface area contributed by atoms with Gasteiger partial charge in [0.15, 0.2) is 0 Å². The Bertz CT molecular complexity index is 3940. The molecule has 68 heavy (non-hydrogen) atoms. The van der Waals surface area contributed by atoms with Crippen molar-refractivity contribution < 1.29 is 4.42 Å². The van der Waals surface area contributed by atoms with Crippen LogP contribution in [0.25, 0.3) is 110 Å². The molecule has 12 aromatic carbocycles. The van der Waals surface area contributed by atoms with Crippen LogP contribution in [0.15, 0.2) is 265 Å². The summed E-state index contributed by atoms with van der Waals surface area (Å²) in [7, 11) is 0. The second-order valence-electron chi connectivity index (χ2n) is 17.6. The van der Waals surface area contributed by atoms with Crippen LogP contribution in [0.4, 0.5) is 17.1 Å². The van der Waals surface area contributed by atoms with Gasteiger partial charge in [-0.3, -0.25) is 0 Å². The van der Waals surface area contributed by atoms with Gasteiger partial charge in [0.1, 0.15) is 11.2 Å². The van der Waals surface area contributed by atoms with Gasteiger partial charge in [-0.15, -0.1) is 0 Å². The van der Waals surface area contributed by atoms with E-state index in [0.29, 0.717) is 0 Å². The second-order valence-corrected chi connectivity index (χ2v) is 17.6. The third-order valence-corrected chi connectivity index (χ3v) is 13.6. The summed E-state index contributed by atoms with van der Waals surface area (Å²) in [5, 5.41) is 9.52. The van der Waals surface area contributed by atoms with Crippen molar-refractivity contribution in [1.29, 1.82) is 0 Å². The Balaban J connectivity index is 0.979. The predicted octanol–water partition coefficient (Wildman–Crippen LogP) is 18.9. The molecule has 0 aliphatic carbocycles. The van der Waals surface area contributed by atoms with Gasteiger partial charge in [-0.1, -0.05) is 194 Å². The molecule has 13 rings (SSSR count). The average Bonchev–Trinajstić information content (AvgIpc) is 3.82. The van der Waals surface area contributed by atoms with Gasteiger partial charge in [-0.2, -0.15) is 0 Å². The average molecular weight is 866 g/mol. The van der Waals surface area contributed by atoms with Crippen LogP contribution in [0.5, 0.6) is 0 Å². The summed E-state index contributed by atoms with van der Waals surface area (Å²) in [6, 6.07) is 94.5. The first-order valence-electron chi connectivity index (χ1n) is 23.3. The van der Waals surface area contributed by atoms with Gasteiger partial charge in [0.2, 0.25) is 0 Å². The maximum atomic E-state index is 6.72. The lowest BCUT2D eigenvalue weighted by atomic mass is 9.93. The Kier molecular flexibility index (Phi) is 9.54. The monoisotopic (exact) mass is 865 g/mol. The molecule has 0 fully saturated rings. The maximum Gasteiger partial charge on any atom is 0.143 e. The number of fused-ring (bicyclic) bond motifs is 8. The summed E-state index contributed by atoms with van der Waals surface area (Å²) in [6.07, 6.45) is 0. The molecule has 2 nitrogen and oxygen atoms in total. The molecule has 0 N–H and O–H groups in total. The number of hydrogen-bond donors (Lipinski definition) is 0. The molecule has 0 amide bonds. The predicted molar refractivity (Wildman–Crippen MR) is 288 cm³/mol. The van der Waals surface area contributed by atoms with E-state index in [1.807, 2.05) is 0 Å². The first-order chi connectivity index (χ1) is 33.7. The van der Waals surface area contributed by atoms with Gasteiger partial charge in [0, 0.05) is 33.1 Å². The minimum Gasteiger partial charge on any atom is -0.455 e. The van der Waals surface area contributed by atoms with E-state index in [2.05, 4.69) is 266 Å². The molecule has 1 aromatic heterocycles. The zero-order chi connectivity index (χ0) is 45.0. The highest BCUT2D eigenvalue weighted by Crippen LogP contribution is 2.47. The molecular formula is C66H43NO. The molecule has 1 heterocycles. The van der Waals surface area contributed by atoms with Crippen molar-refractivity contribution in [3.8, 4) is 55.6 Å². The number of benzene rings is 12. The number of para-hydroxylation sites is 1. The Morgan fingerprint density at radius 3 is 1.46 bits per heavy atom. The van der Waals surface area contributed by atoms with Crippen LogP contribution in [0.1, 0.15) is 0 Å². The fraction of sp³-hybridized carbons (Fsp3) is 0. The van der Waals surface area contributed by atoms with Crippen molar-refractivity contribution in [2.75, 3.05) is 4.90 Å². The van der Waals surface area contributed by atoms with Crippen molar-refractivity contribution in [3.63, 3.8) is 0 Å². The third-order valence-electron chi connectivity index (χ3n) is 13.6. The maximum absolute atomic E-state index is 6.72. The fourth-order valence-electron chi connectivity index (χ4n) is 10.4. The zero-order valence-electron chi connectivity index (χ0n) is 37.2. The summed E-state index contributed by atoms with van der Waals surface area (Å²) in [5.41, 5.74) is 16.7. The first-order valence-corrected chi connectivity index (χ1v) is 23.3. The molecular weight excluding hydrogens is 823 g/mol. The summed E-state index contributed by atoms with van der Waals surface area (Å²) in [4.78, 5) is 2.41. The van der Waals surface area contributed by atoms with E-state index >= 15 is 0 Å². The first kappa shape index (κ1) is 39.4. The SMILES string of the molecule is c1ccc(-c2cc(-c3ccccc3)cc(-c3ccc(N(c4ccc(-c5cc6ccccc6c6ccccc56)cc4)c4ccccc4-c4cccc5oc6c7ccccc7ccc6c45)cc3)c2)cc1. The third kappa shape index (κ3) is 6.82. The molecule has 0 aliphatic rings. The molecule has 13 aromatic rings. The van der Waals surface area contributed by atoms with E-state index < -0.39 is 0 Å². The molecule has 0 bridgehead atoms. The van der Waals surface area contributed by atoms with Gasteiger partial charge < -0.3 is 9.32 Å². The highest BCUT2D eigenvalue weighted by atomic mass is 16.3. The Labute approximate surface area is 395 Å². The van der Waals surface area contributed by atoms with Crippen molar-refractivity contribution in [2.24, 2.45) is 0 Å². The molecule has 0 radical (unpaired) electrons. The highest BCUT2D eigenvalue weighted by Gasteiger charge is 2.22. The molecule has 0 aliphatic heterocycles. The molecule has 318 valence electrons. The Morgan fingerprint density at radius 1 is 0.265 bits per heavy atom. The zero-order valence-corrected chi connectivity index (χ0v) is 37.2. The van der Waals surface area contributed by atoms with Gasteiger partial charge in [-0.25, -0.2) is 0 Å². The molecule has 2 heteroatoms. The summed E-state index contributed by atoms with van der Waals surface area (Å²) in [6.45, 7) is 0. The normalized spacial score (nSPS) is 11.5. The van der Waals surface area contributed by atoms with Crippen LogP contribution >= 0.6 is 0 Å². The van der Waals surface area contributed by atoms with E-state index in [9.17, 15) is 0 Å². The van der Waals surface area contributed by atoms with E-state index in [1.54, 1.807) is 0 Å².